The molecule has 0 aromatic heterocycles. The Morgan fingerprint density at radius 3 is 2.70 bits per heavy atom. The van der Waals surface area contributed by atoms with Gasteiger partial charge in [0.05, 0.1) is 0 Å². The van der Waals surface area contributed by atoms with Crippen LogP contribution in [0.15, 0.2) is 12.2 Å². The molecule has 0 N–H and O–H groups in total. The number of hydrogen-bond donors (Lipinski definition) is 0. The number of hydrogen-bond acceptors (Lipinski definition) is 1. The van der Waals surface area contributed by atoms with Crippen LogP contribution in [0.25, 0.3) is 0 Å². The Balaban J connectivity index is 0.000000810. The van der Waals surface area contributed by atoms with Crippen molar-refractivity contribution in [2.24, 2.45) is 0 Å². The van der Waals surface area contributed by atoms with E-state index in [1.54, 1.807) is 0 Å². The molecular weight excluding hydrogens is 122 g/mol. The Bertz CT molecular complexity index is 107. The van der Waals surface area contributed by atoms with E-state index in [0.29, 0.717) is 6.04 Å². The predicted molar refractivity (Wildman–Crippen MR) is 47.2 cm³/mol. The molecule has 0 fully saturated rings. The molecule has 60 valence electrons. The van der Waals surface area contributed by atoms with E-state index in [1.165, 1.54) is 19.5 Å². The van der Waals surface area contributed by atoms with Crippen LogP contribution in [0.1, 0.15) is 27.7 Å². The summed E-state index contributed by atoms with van der Waals surface area (Å²) in [6.45, 7) is 6.90. The second-order valence-electron chi connectivity index (χ2n) is 2.59. The topological polar surface area (TPSA) is 3.24 Å². The van der Waals surface area contributed by atoms with E-state index in [9.17, 15) is 0 Å². The molecule has 0 bridgehead atoms. The highest BCUT2D eigenvalue weighted by Gasteiger charge is 2.10. The molecule has 1 atom stereocenters. The zero-order valence-electron chi connectivity index (χ0n) is 6.30. The first-order valence-electron chi connectivity index (χ1n) is 3.75. The molecule has 0 aromatic carbocycles. The van der Waals surface area contributed by atoms with Crippen molar-refractivity contribution < 1.29 is 0 Å². The van der Waals surface area contributed by atoms with E-state index in [2.05, 4.69) is 30.9 Å². The molecule has 0 aromatic rings. The molecule has 0 spiro atoms. The van der Waals surface area contributed by atoms with Gasteiger partial charge in [-0.2, -0.15) is 0 Å². The lowest BCUT2D eigenvalue weighted by Crippen LogP contribution is -2.34. The van der Waals surface area contributed by atoms with Crippen molar-refractivity contribution in [2.45, 2.75) is 33.7 Å². The molecule has 1 rings (SSSR count). The summed E-state index contributed by atoms with van der Waals surface area (Å²) in [7, 11) is 0. The van der Waals surface area contributed by atoms with E-state index in [4.69, 9.17) is 0 Å². The fourth-order valence-corrected chi connectivity index (χ4v) is 1.30. The predicted octanol–water partition coefficient (Wildman–Crippen LogP) is 2.29. The minimum atomic E-state index is 0. The Hall–Kier alpha value is -0.300. The maximum Gasteiger partial charge on any atom is 0.0249 e. The molecule has 1 aliphatic heterocycles. The molecule has 1 aliphatic rings. The second-order valence-corrected chi connectivity index (χ2v) is 2.59. The SMILES string of the molecule is C.CCN1CCC=CC1C. The third kappa shape index (κ3) is 2.14. The van der Waals surface area contributed by atoms with Gasteiger partial charge < -0.3 is 0 Å². The van der Waals surface area contributed by atoms with Crippen molar-refractivity contribution in [3.8, 4) is 0 Å². The summed E-state index contributed by atoms with van der Waals surface area (Å²) in [5.41, 5.74) is 0. The van der Waals surface area contributed by atoms with Gasteiger partial charge in [0, 0.05) is 12.6 Å². The Morgan fingerprint density at radius 2 is 2.30 bits per heavy atom. The van der Waals surface area contributed by atoms with Gasteiger partial charge in [0.2, 0.25) is 0 Å². The molecule has 1 nitrogen and oxygen atoms in total. The van der Waals surface area contributed by atoms with Gasteiger partial charge in [0.15, 0.2) is 0 Å². The van der Waals surface area contributed by atoms with Gasteiger partial charge in [-0.15, -0.1) is 0 Å². The van der Waals surface area contributed by atoms with Crippen molar-refractivity contribution in [3.63, 3.8) is 0 Å². The highest BCUT2D eigenvalue weighted by atomic mass is 15.1. The zero-order valence-corrected chi connectivity index (χ0v) is 6.30. The monoisotopic (exact) mass is 141 g/mol. The third-order valence-electron chi connectivity index (χ3n) is 1.98. The van der Waals surface area contributed by atoms with E-state index in [-0.39, 0.29) is 7.43 Å². The second kappa shape index (κ2) is 4.51. The van der Waals surface area contributed by atoms with Gasteiger partial charge in [-0.1, -0.05) is 26.5 Å². The van der Waals surface area contributed by atoms with Crippen molar-refractivity contribution in [3.05, 3.63) is 12.2 Å². The quantitative estimate of drug-likeness (QED) is 0.506. The van der Waals surface area contributed by atoms with Gasteiger partial charge in [-0.05, 0) is 19.9 Å². The van der Waals surface area contributed by atoms with E-state index in [0.717, 1.165) is 0 Å². The summed E-state index contributed by atoms with van der Waals surface area (Å²) >= 11 is 0. The summed E-state index contributed by atoms with van der Waals surface area (Å²) in [6, 6.07) is 0.670. The van der Waals surface area contributed by atoms with Gasteiger partial charge in [-0.25, -0.2) is 0 Å². The number of likely N-dealkylation sites (N-methyl/N-ethyl adjacent to an activating group) is 1. The first kappa shape index (κ1) is 9.70. The normalized spacial score (nSPS) is 26.0. The van der Waals surface area contributed by atoms with Gasteiger partial charge in [0.25, 0.3) is 0 Å². The molecule has 0 amide bonds. The van der Waals surface area contributed by atoms with E-state index < -0.39 is 0 Å². The van der Waals surface area contributed by atoms with Crippen LogP contribution in [0.4, 0.5) is 0 Å². The fourth-order valence-electron chi connectivity index (χ4n) is 1.30. The Kier molecular flexibility index (Phi) is 4.37. The van der Waals surface area contributed by atoms with Crippen molar-refractivity contribution in [2.75, 3.05) is 13.1 Å². The first-order chi connectivity index (χ1) is 4.34. The maximum atomic E-state index is 2.47. The lowest BCUT2D eigenvalue weighted by atomic mass is 10.1. The van der Waals surface area contributed by atoms with Crippen molar-refractivity contribution in [1.82, 2.24) is 4.90 Å². The smallest absolute Gasteiger partial charge is 0.0249 e. The molecule has 1 unspecified atom stereocenters. The molecule has 1 heterocycles. The summed E-state index contributed by atoms with van der Waals surface area (Å²) in [5, 5.41) is 0. The van der Waals surface area contributed by atoms with Crippen LogP contribution in [-0.2, 0) is 0 Å². The molecule has 0 saturated carbocycles. The number of rotatable bonds is 1. The molecule has 0 radical (unpaired) electrons. The van der Waals surface area contributed by atoms with Gasteiger partial charge >= 0.3 is 0 Å². The average Bonchev–Trinajstić information content (AvgIpc) is 1.89. The zero-order chi connectivity index (χ0) is 6.69. The van der Waals surface area contributed by atoms with E-state index >= 15 is 0 Å². The van der Waals surface area contributed by atoms with Gasteiger partial charge in [0.1, 0.15) is 0 Å². The molecule has 10 heavy (non-hydrogen) atoms. The van der Waals surface area contributed by atoms with Crippen LogP contribution in [0, 0.1) is 0 Å². The Labute approximate surface area is 64.7 Å². The van der Waals surface area contributed by atoms with Crippen molar-refractivity contribution in [1.29, 1.82) is 0 Å². The van der Waals surface area contributed by atoms with Crippen LogP contribution in [-0.4, -0.2) is 24.0 Å². The Morgan fingerprint density at radius 1 is 1.60 bits per heavy atom. The highest BCUT2D eigenvalue weighted by molar-refractivity contribution is 4.96. The number of nitrogens with zero attached hydrogens (tertiary/aromatic N) is 1. The molecule has 0 aliphatic carbocycles. The molecule has 1 heteroatoms. The minimum absolute atomic E-state index is 0. The summed E-state index contributed by atoms with van der Waals surface area (Å²) in [6.07, 6.45) is 5.79. The van der Waals surface area contributed by atoms with Crippen LogP contribution < -0.4 is 0 Å². The summed E-state index contributed by atoms with van der Waals surface area (Å²) in [4.78, 5) is 2.47. The third-order valence-corrected chi connectivity index (χ3v) is 1.98. The first-order valence-corrected chi connectivity index (χ1v) is 3.75. The minimum Gasteiger partial charge on any atom is -0.297 e. The largest absolute Gasteiger partial charge is 0.297 e. The highest BCUT2D eigenvalue weighted by Crippen LogP contribution is 2.07. The van der Waals surface area contributed by atoms with E-state index in [1.807, 2.05) is 0 Å². The lowest BCUT2D eigenvalue weighted by Gasteiger charge is -2.27. The van der Waals surface area contributed by atoms with Crippen LogP contribution >= 0.6 is 0 Å². The molecule has 0 saturated heterocycles. The lowest BCUT2D eigenvalue weighted by molar-refractivity contribution is 0.248. The fraction of sp³-hybridized carbons (Fsp3) is 0.778. The summed E-state index contributed by atoms with van der Waals surface area (Å²) < 4.78 is 0. The summed E-state index contributed by atoms with van der Waals surface area (Å²) in [5.74, 6) is 0. The maximum absolute atomic E-state index is 2.47. The van der Waals surface area contributed by atoms with Crippen molar-refractivity contribution >= 4 is 0 Å². The molecular formula is C9H19N. The van der Waals surface area contributed by atoms with Gasteiger partial charge in [-0.3, -0.25) is 4.90 Å². The van der Waals surface area contributed by atoms with Crippen LogP contribution in [0.3, 0.4) is 0 Å². The average molecular weight is 141 g/mol. The van der Waals surface area contributed by atoms with Crippen LogP contribution in [0.5, 0.6) is 0 Å². The standard InChI is InChI=1S/C8H15N.CH4/c1-3-9-7-5-4-6-8(9)2;/h4,6,8H,3,5,7H2,1-2H3;1H4. The van der Waals surface area contributed by atoms with Crippen LogP contribution in [0.2, 0.25) is 0 Å².